The number of aliphatic hydroxyl groups is 1. The van der Waals surface area contributed by atoms with E-state index >= 15 is 0 Å². The van der Waals surface area contributed by atoms with E-state index in [1.165, 1.54) is 0 Å². The van der Waals surface area contributed by atoms with Gasteiger partial charge in [0.1, 0.15) is 12.3 Å². The van der Waals surface area contributed by atoms with Crippen molar-refractivity contribution >= 4 is 7.82 Å². The number of hydrogen-bond acceptors (Lipinski definition) is 8. The van der Waals surface area contributed by atoms with E-state index in [4.69, 9.17) is 4.74 Å². The summed E-state index contributed by atoms with van der Waals surface area (Å²) in [5.74, 6) is -1.23. The monoisotopic (exact) mass is 370 g/mol. The van der Waals surface area contributed by atoms with Gasteiger partial charge in [-0.3, -0.25) is 14.3 Å². The Morgan fingerprint density at radius 3 is 2.65 bits per heavy atom. The molecular formula is C9H10FN2Na2O8P. The molecule has 0 amide bonds. The zero-order chi connectivity index (χ0) is 15.8. The van der Waals surface area contributed by atoms with E-state index in [1.54, 1.807) is 4.98 Å². The molecule has 0 aliphatic carbocycles. The molecule has 0 aromatic carbocycles. The number of phosphoric ester groups is 1. The van der Waals surface area contributed by atoms with Crippen LogP contribution in [0.3, 0.4) is 0 Å². The summed E-state index contributed by atoms with van der Waals surface area (Å²) < 4.78 is 33.3. The third kappa shape index (κ3) is 6.46. The van der Waals surface area contributed by atoms with Gasteiger partial charge < -0.3 is 28.7 Å². The van der Waals surface area contributed by atoms with E-state index in [-0.39, 0.29) is 65.5 Å². The normalized spacial score (nSPS) is 23.9. The predicted octanol–water partition coefficient (Wildman–Crippen LogP) is -8.82. The van der Waals surface area contributed by atoms with Crippen molar-refractivity contribution in [3.8, 4) is 0 Å². The summed E-state index contributed by atoms with van der Waals surface area (Å²) >= 11 is 0. The van der Waals surface area contributed by atoms with E-state index in [9.17, 15) is 33.4 Å². The molecule has 1 fully saturated rings. The van der Waals surface area contributed by atoms with Crippen molar-refractivity contribution in [1.29, 1.82) is 0 Å². The maximum Gasteiger partial charge on any atom is 1.00 e. The van der Waals surface area contributed by atoms with Crippen molar-refractivity contribution in [3.05, 3.63) is 32.9 Å². The minimum atomic E-state index is -5.23. The van der Waals surface area contributed by atoms with Crippen LogP contribution in [0.4, 0.5) is 4.39 Å². The Hall–Kier alpha value is 0.640. The van der Waals surface area contributed by atoms with E-state index in [0.717, 1.165) is 0 Å². The molecule has 0 spiro atoms. The Kier molecular flexibility index (Phi) is 9.63. The first kappa shape index (κ1) is 23.6. The number of aromatic nitrogens is 2. The average molecular weight is 370 g/mol. The minimum Gasteiger partial charge on any atom is -0.790 e. The van der Waals surface area contributed by atoms with Crippen LogP contribution in [-0.4, -0.2) is 33.5 Å². The number of hydrogen-bond donors (Lipinski definition) is 2. The zero-order valence-electron chi connectivity index (χ0n) is 12.3. The molecule has 14 heteroatoms. The van der Waals surface area contributed by atoms with Crippen molar-refractivity contribution in [2.45, 2.75) is 24.9 Å². The summed E-state index contributed by atoms with van der Waals surface area (Å²) in [5, 5.41) is 9.65. The van der Waals surface area contributed by atoms with Crippen molar-refractivity contribution in [2.24, 2.45) is 0 Å². The molecule has 1 aromatic rings. The molecule has 3 atom stereocenters. The number of nitrogens with one attached hydrogen (secondary N) is 1. The van der Waals surface area contributed by atoms with E-state index in [1.807, 2.05) is 0 Å². The number of ether oxygens (including phenoxy) is 1. The first-order chi connectivity index (χ1) is 9.67. The van der Waals surface area contributed by atoms with Crippen molar-refractivity contribution in [2.75, 3.05) is 6.61 Å². The van der Waals surface area contributed by atoms with Crippen LogP contribution in [0.15, 0.2) is 15.8 Å². The van der Waals surface area contributed by atoms with E-state index in [2.05, 4.69) is 4.52 Å². The molecule has 2 heterocycles. The molecule has 1 aliphatic rings. The van der Waals surface area contributed by atoms with Crippen LogP contribution in [0, 0.1) is 5.82 Å². The second kappa shape index (κ2) is 9.37. The van der Waals surface area contributed by atoms with Crippen molar-refractivity contribution in [3.63, 3.8) is 0 Å². The van der Waals surface area contributed by atoms with Gasteiger partial charge in [0.25, 0.3) is 5.56 Å². The number of H-pyrrole nitrogens is 1. The third-order valence-electron chi connectivity index (χ3n) is 2.84. The molecule has 10 nitrogen and oxygen atoms in total. The average Bonchev–Trinajstić information content (AvgIpc) is 2.72. The van der Waals surface area contributed by atoms with Gasteiger partial charge in [-0.15, -0.1) is 0 Å². The molecular weight excluding hydrogens is 360 g/mol. The van der Waals surface area contributed by atoms with Crippen LogP contribution in [0.2, 0.25) is 0 Å². The maximum absolute atomic E-state index is 13.1. The van der Waals surface area contributed by atoms with Gasteiger partial charge in [-0.2, -0.15) is 4.39 Å². The molecule has 0 bridgehead atoms. The first-order valence-electron chi connectivity index (χ1n) is 5.68. The number of aliphatic hydroxyl groups excluding tert-OH is 1. The predicted molar refractivity (Wildman–Crippen MR) is 59.4 cm³/mol. The summed E-state index contributed by atoms with van der Waals surface area (Å²) in [7, 11) is -5.23. The zero-order valence-corrected chi connectivity index (χ0v) is 17.2. The standard InChI is InChI=1S/C9H12FN2O8P.2Na/c10-4-2-12(9(15)11-8(4)14)7-1-5(13)6(20-7)3-19-21(16,17)18;;/h2,5-7,13H,1,3H2,(H,11,14,15)(H2,16,17,18);;/q;2*+1/p-2. The number of aromatic amines is 1. The quantitative estimate of drug-likeness (QED) is 0.391. The van der Waals surface area contributed by atoms with Crippen molar-refractivity contribution in [1.82, 2.24) is 9.55 Å². The fraction of sp³-hybridized carbons (Fsp3) is 0.556. The largest absolute Gasteiger partial charge is 1.00 e. The summed E-state index contributed by atoms with van der Waals surface area (Å²) in [6.07, 6.45) is -3.13. The van der Waals surface area contributed by atoms with Gasteiger partial charge in [-0.1, -0.05) is 0 Å². The van der Waals surface area contributed by atoms with Gasteiger partial charge in [-0.05, 0) is 0 Å². The van der Waals surface area contributed by atoms with Gasteiger partial charge in [0.2, 0.25) is 5.82 Å². The molecule has 118 valence electrons. The number of rotatable bonds is 4. The number of nitrogens with zero attached hydrogens (tertiary/aromatic N) is 1. The molecule has 0 radical (unpaired) electrons. The van der Waals surface area contributed by atoms with Crippen LogP contribution in [0.5, 0.6) is 0 Å². The first-order valence-corrected chi connectivity index (χ1v) is 7.14. The van der Waals surface area contributed by atoms with Gasteiger partial charge in [-0.25, -0.2) is 4.79 Å². The summed E-state index contributed by atoms with van der Waals surface area (Å²) in [6, 6.07) is 0. The fourth-order valence-electron chi connectivity index (χ4n) is 1.88. The molecule has 3 unspecified atom stereocenters. The van der Waals surface area contributed by atoms with Crippen LogP contribution >= 0.6 is 7.82 Å². The smallest absolute Gasteiger partial charge is 0.790 e. The van der Waals surface area contributed by atoms with Gasteiger partial charge in [0, 0.05) is 6.42 Å². The van der Waals surface area contributed by atoms with Crippen LogP contribution in [0.1, 0.15) is 12.6 Å². The Morgan fingerprint density at radius 1 is 1.48 bits per heavy atom. The Morgan fingerprint density at radius 2 is 2.09 bits per heavy atom. The van der Waals surface area contributed by atoms with Crippen molar-refractivity contribution < 1.29 is 92.2 Å². The molecule has 1 aliphatic heterocycles. The van der Waals surface area contributed by atoms with E-state index in [0.29, 0.717) is 10.8 Å². The second-order valence-electron chi connectivity index (χ2n) is 4.32. The van der Waals surface area contributed by atoms with Gasteiger partial charge in [0.05, 0.1) is 26.7 Å². The summed E-state index contributed by atoms with van der Waals surface area (Å²) in [6.45, 7) is -0.734. The van der Waals surface area contributed by atoms with Crippen LogP contribution < -0.4 is 80.2 Å². The molecule has 2 N–H and O–H groups in total. The Balaban J connectivity index is 0.00000242. The molecule has 2 rings (SSSR count). The third-order valence-corrected chi connectivity index (χ3v) is 3.30. The minimum absolute atomic E-state index is 0. The number of phosphoric acid groups is 1. The summed E-state index contributed by atoms with van der Waals surface area (Å²) in [4.78, 5) is 44.8. The van der Waals surface area contributed by atoms with Crippen LogP contribution in [-0.2, 0) is 13.8 Å². The molecule has 23 heavy (non-hydrogen) atoms. The Bertz CT molecular complexity index is 691. The molecule has 0 saturated carbocycles. The second-order valence-corrected chi connectivity index (χ2v) is 5.47. The Labute approximate surface area is 172 Å². The molecule has 1 saturated heterocycles. The van der Waals surface area contributed by atoms with E-state index < -0.39 is 49.9 Å². The van der Waals surface area contributed by atoms with Gasteiger partial charge in [0.15, 0.2) is 0 Å². The van der Waals surface area contributed by atoms with Gasteiger partial charge >= 0.3 is 64.8 Å². The topological polar surface area (TPSA) is 157 Å². The summed E-state index contributed by atoms with van der Waals surface area (Å²) in [5.41, 5.74) is -2.16. The van der Waals surface area contributed by atoms with Crippen LogP contribution in [0.25, 0.3) is 0 Å². The SMILES string of the molecule is O=c1[nH]c(=O)n(C2CC(O)C(COP(=O)([O-])[O-])O2)cc1F.[Na+].[Na+]. The fourth-order valence-corrected chi connectivity index (χ4v) is 2.20. The number of halogens is 1. The molecule has 1 aromatic heterocycles. The maximum atomic E-state index is 13.1.